The number of benzene rings is 2. The van der Waals surface area contributed by atoms with Crippen molar-refractivity contribution < 1.29 is 9.31 Å². The third kappa shape index (κ3) is 9.31. The second-order valence-corrected chi connectivity index (χ2v) is 15.8. The molecule has 0 spiro atoms. The summed E-state index contributed by atoms with van der Waals surface area (Å²) >= 11 is 0. The fourth-order valence-corrected chi connectivity index (χ4v) is 8.24. The summed E-state index contributed by atoms with van der Waals surface area (Å²) in [6.07, 6.45) is 30.0. The van der Waals surface area contributed by atoms with Crippen molar-refractivity contribution in [2.45, 2.75) is 199 Å². The van der Waals surface area contributed by atoms with Gasteiger partial charge >= 0.3 is 7.12 Å². The van der Waals surface area contributed by atoms with Crippen LogP contribution < -0.4 is 5.46 Å². The van der Waals surface area contributed by atoms with Crippen LogP contribution in [0.4, 0.5) is 0 Å². The molecule has 0 radical (unpaired) electrons. The van der Waals surface area contributed by atoms with Crippen molar-refractivity contribution in [1.29, 1.82) is 0 Å². The van der Waals surface area contributed by atoms with Crippen molar-refractivity contribution in [2.75, 3.05) is 0 Å². The van der Waals surface area contributed by atoms with Crippen molar-refractivity contribution in [3.8, 4) is 11.1 Å². The summed E-state index contributed by atoms with van der Waals surface area (Å²) in [5.74, 6) is 0. The first-order valence-electron chi connectivity index (χ1n) is 19.9. The highest BCUT2D eigenvalue weighted by molar-refractivity contribution is 6.63. The predicted molar refractivity (Wildman–Crippen MR) is 201 cm³/mol. The van der Waals surface area contributed by atoms with E-state index in [1.54, 1.807) is 5.56 Å². The van der Waals surface area contributed by atoms with Gasteiger partial charge in [-0.1, -0.05) is 185 Å². The monoisotopic (exact) mass is 629 g/mol. The predicted octanol–water partition coefficient (Wildman–Crippen LogP) is 12.9. The lowest BCUT2D eigenvalue weighted by Gasteiger charge is -2.35. The molecule has 1 heterocycles. The Morgan fingerprint density at radius 2 is 0.891 bits per heavy atom. The van der Waals surface area contributed by atoms with Gasteiger partial charge in [-0.05, 0) is 68.3 Å². The molecule has 0 atom stereocenters. The molecular weight excluding hydrogens is 559 g/mol. The van der Waals surface area contributed by atoms with Gasteiger partial charge in [0.05, 0.1) is 11.2 Å². The van der Waals surface area contributed by atoms with Gasteiger partial charge in [0.1, 0.15) is 0 Å². The summed E-state index contributed by atoms with van der Waals surface area (Å²) in [6.45, 7) is 13.4. The van der Waals surface area contributed by atoms with Crippen molar-refractivity contribution >= 4 is 12.6 Å². The van der Waals surface area contributed by atoms with Gasteiger partial charge in [0.2, 0.25) is 0 Å². The molecule has 1 saturated heterocycles. The van der Waals surface area contributed by atoms with Gasteiger partial charge in [-0.3, -0.25) is 0 Å². The summed E-state index contributed by atoms with van der Waals surface area (Å²) in [5, 5.41) is 0. The van der Waals surface area contributed by atoms with E-state index in [4.69, 9.17) is 9.31 Å². The van der Waals surface area contributed by atoms with Crippen molar-refractivity contribution in [3.05, 3.63) is 53.6 Å². The van der Waals surface area contributed by atoms with Crippen LogP contribution in [-0.4, -0.2) is 18.3 Å². The molecule has 0 bridgehead atoms. The molecule has 2 aliphatic rings. The van der Waals surface area contributed by atoms with Crippen LogP contribution in [0, 0.1) is 0 Å². The molecule has 256 valence electrons. The van der Waals surface area contributed by atoms with E-state index < -0.39 is 0 Å². The number of rotatable bonds is 23. The van der Waals surface area contributed by atoms with Crippen LogP contribution in [0.25, 0.3) is 11.1 Å². The Kier molecular flexibility index (Phi) is 14.8. The van der Waals surface area contributed by atoms with Crippen LogP contribution in [-0.2, 0) is 14.7 Å². The van der Waals surface area contributed by atoms with E-state index in [1.807, 2.05) is 0 Å². The largest absolute Gasteiger partial charge is 0.495 e. The van der Waals surface area contributed by atoms with Gasteiger partial charge in [0.15, 0.2) is 0 Å². The standard InChI is InChI=1S/C43H69BO2/c1-7-9-11-13-15-17-19-21-23-27-34-43(35-28-24-22-20-18-16-14-12-10-8-2)38-32-26-25-30-36(38)37-31-29-33-39(40(37)43)44-45-41(3,4)42(5,6)46-44/h25-26,29-33H,7-24,27-28,34-35H2,1-6H3. The maximum atomic E-state index is 6.76. The lowest BCUT2D eigenvalue weighted by Crippen LogP contribution is -2.41. The molecule has 46 heavy (non-hydrogen) atoms. The fraction of sp³-hybridized carbons (Fsp3) is 0.721. The molecule has 0 amide bonds. The molecule has 0 aromatic heterocycles. The maximum absolute atomic E-state index is 6.76. The zero-order valence-corrected chi connectivity index (χ0v) is 31.0. The molecule has 2 aromatic rings. The molecule has 2 nitrogen and oxygen atoms in total. The number of unbranched alkanes of at least 4 members (excludes halogenated alkanes) is 18. The lowest BCUT2D eigenvalue weighted by atomic mass is 9.63. The van der Waals surface area contributed by atoms with E-state index in [0.29, 0.717) is 0 Å². The maximum Gasteiger partial charge on any atom is 0.495 e. The molecule has 0 N–H and O–H groups in total. The van der Waals surface area contributed by atoms with Crippen molar-refractivity contribution in [2.24, 2.45) is 0 Å². The highest BCUT2D eigenvalue weighted by atomic mass is 16.7. The minimum absolute atomic E-state index is 0.0341. The van der Waals surface area contributed by atoms with Crippen molar-refractivity contribution in [3.63, 3.8) is 0 Å². The molecule has 3 heteroatoms. The van der Waals surface area contributed by atoms with Gasteiger partial charge in [-0.2, -0.15) is 0 Å². The second-order valence-electron chi connectivity index (χ2n) is 15.8. The Bertz CT molecular complexity index is 1130. The number of hydrogen-bond acceptors (Lipinski definition) is 2. The highest BCUT2D eigenvalue weighted by Crippen LogP contribution is 2.54. The van der Waals surface area contributed by atoms with E-state index >= 15 is 0 Å². The SMILES string of the molecule is CCCCCCCCCCCCC1(CCCCCCCCCCCC)c2ccccc2-c2cccc(B3OC(C)(C)C(C)(C)O3)c21. The van der Waals surface area contributed by atoms with Crippen LogP contribution in [0.5, 0.6) is 0 Å². The average molecular weight is 629 g/mol. The molecule has 0 unspecified atom stereocenters. The summed E-state index contributed by atoms with van der Waals surface area (Å²) in [5.41, 5.74) is 6.54. The molecule has 2 aromatic carbocycles. The molecule has 1 aliphatic carbocycles. The van der Waals surface area contributed by atoms with Crippen LogP contribution >= 0.6 is 0 Å². The van der Waals surface area contributed by atoms with Crippen molar-refractivity contribution in [1.82, 2.24) is 0 Å². The first-order chi connectivity index (χ1) is 22.3. The third-order valence-electron chi connectivity index (χ3n) is 11.7. The number of hydrogen-bond donors (Lipinski definition) is 0. The minimum atomic E-state index is -0.346. The van der Waals surface area contributed by atoms with Gasteiger partial charge in [0.25, 0.3) is 0 Å². The smallest absolute Gasteiger partial charge is 0.399 e. The Balaban J connectivity index is 1.50. The molecular formula is C43H69BO2. The average Bonchev–Trinajstić information content (AvgIpc) is 3.45. The van der Waals surface area contributed by atoms with E-state index in [0.717, 1.165) is 0 Å². The van der Waals surface area contributed by atoms with Gasteiger partial charge in [-0.15, -0.1) is 0 Å². The lowest BCUT2D eigenvalue weighted by molar-refractivity contribution is 0.00578. The zero-order valence-electron chi connectivity index (χ0n) is 31.0. The van der Waals surface area contributed by atoms with Crippen LogP contribution in [0.15, 0.2) is 42.5 Å². The quantitative estimate of drug-likeness (QED) is 0.0900. The topological polar surface area (TPSA) is 18.5 Å². The number of fused-ring (bicyclic) bond motifs is 3. The normalized spacial score (nSPS) is 17.4. The van der Waals surface area contributed by atoms with E-state index in [9.17, 15) is 0 Å². The second kappa shape index (κ2) is 18.3. The van der Waals surface area contributed by atoms with E-state index in [1.165, 1.54) is 163 Å². The van der Waals surface area contributed by atoms with Gasteiger partial charge in [-0.25, -0.2) is 0 Å². The first kappa shape index (κ1) is 37.2. The zero-order chi connectivity index (χ0) is 32.9. The van der Waals surface area contributed by atoms with Crippen LogP contribution in [0.2, 0.25) is 0 Å². The molecule has 0 saturated carbocycles. The third-order valence-corrected chi connectivity index (χ3v) is 11.7. The van der Waals surface area contributed by atoms with E-state index in [2.05, 4.69) is 84.0 Å². The Morgan fingerprint density at radius 1 is 0.478 bits per heavy atom. The van der Waals surface area contributed by atoms with Gasteiger partial charge < -0.3 is 9.31 Å². The van der Waals surface area contributed by atoms with Crippen LogP contribution in [0.1, 0.15) is 194 Å². The van der Waals surface area contributed by atoms with Crippen LogP contribution in [0.3, 0.4) is 0 Å². The first-order valence-corrected chi connectivity index (χ1v) is 19.9. The Labute approximate surface area is 285 Å². The Hall–Kier alpha value is -1.58. The van der Waals surface area contributed by atoms with E-state index in [-0.39, 0.29) is 23.7 Å². The van der Waals surface area contributed by atoms with Gasteiger partial charge in [0, 0.05) is 5.41 Å². The summed E-state index contributed by atoms with van der Waals surface area (Å²) in [7, 11) is -0.325. The summed E-state index contributed by atoms with van der Waals surface area (Å²) in [6, 6.07) is 16.3. The molecule has 4 rings (SSSR count). The Morgan fingerprint density at radius 3 is 1.37 bits per heavy atom. The molecule has 1 fully saturated rings. The molecule has 1 aliphatic heterocycles. The fourth-order valence-electron chi connectivity index (χ4n) is 8.24. The minimum Gasteiger partial charge on any atom is -0.399 e. The highest BCUT2D eigenvalue weighted by Gasteiger charge is 2.54. The summed E-state index contributed by atoms with van der Waals surface area (Å²) < 4.78 is 13.5. The summed E-state index contributed by atoms with van der Waals surface area (Å²) in [4.78, 5) is 0.